The van der Waals surface area contributed by atoms with Gasteiger partial charge in [-0.25, -0.2) is 4.79 Å². The second kappa shape index (κ2) is 7.84. The van der Waals surface area contributed by atoms with Crippen LogP contribution >= 0.6 is 11.3 Å². The molecular weight excluding hydrogens is 380 g/mol. The number of carbonyl (C=O) groups is 1. The van der Waals surface area contributed by atoms with Gasteiger partial charge in [0.1, 0.15) is 5.60 Å². The van der Waals surface area contributed by atoms with E-state index in [-0.39, 0.29) is 5.97 Å². The first-order chi connectivity index (χ1) is 13.9. The van der Waals surface area contributed by atoms with Crippen LogP contribution in [-0.2, 0) is 17.7 Å². The third kappa shape index (κ3) is 4.57. The number of fused-ring (bicyclic) bond motifs is 1. The van der Waals surface area contributed by atoms with Crippen LogP contribution in [0.4, 0.5) is 0 Å². The maximum absolute atomic E-state index is 12.5. The van der Waals surface area contributed by atoms with Crippen LogP contribution < -0.4 is 0 Å². The quantitative estimate of drug-likeness (QED) is 0.401. The SMILES string of the molecule is CC(C)(C)OC(=O)c1ccc2c(Cc3ccccc3)n(Cc3cccs3)nc2c1. The predicted molar refractivity (Wildman–Crippen MR) is 118 cm³/mol. The molecule has 0 amide bonds. The summed E-state index contributed by atoms with van der Waals surface area (Å²) in [5.74, 6) is -0.322. The Morgan fingerprint density at radius 1 is 1.07 bits per heavy atom. The van der Waals surface area contributed by atoms with E-state index in [2.05, 4.69) is 46.5 Å². The van der Waals surface area contributed by atoms with E-state index in [0.717, 1.165) is 29.6 Å². The monoisotopic (exact) mass is 404 g/mol. The number of rotatable bonds is 5. The molecule has 0 saturated carbocycles. The van der Waals surface area contributed by atoms with Gasteiger partial charge in [-0.3, -0.25) is 4.68 Å². The van der Waals surface area contributed by atoms with Crippen LogP contribution in [0.15, 0.2) is 66.0 Å². The van der Waals surface area contributed by atoms with Crippen LogP contribution in [0.25, 0.3) is 10.9 Å². The molecule has 0 aliphatic carbocycles. The largest absolute Gasteiger partial charge is 0.456 e. The smallest absolute Gasteiger partial charge is 0.338 e. The first kappa shape index (κ1) is 19.4. The lowest BCUT2D eigenvalue weighted by Gasteiger charge is -2.19. The van der Waals surface area contributed by atoms with E-state index in [0.29, 0.717) is 5.56 Å². The van der Waals surface area contributed by atoms with Gasteiger partial charge in [0.25, 0.3) is 0 Å². The first-order valence-electron chi connectivity index (χ1n) is 9.68. The maximum Gasteiger partial charge on any atom is 0.338 e. The zero-order chi connectivity index (χ0) is 20.4. The summed E-state index contributed by atoms with van der Waals surface area (Å²) in [6.07, 6.45) is 0.786. The molecule has 0 aliphatic rings. The van der Waals surface area contributed by atoms with Gasteiger partial charge in [0.05, 0.1) is 23.3 Å². The van der Waals surface area contributed by atoms with Gasteiger partial charge in [-0.15, -0.1) is 11.3 Å². The van der Waals surface area contributed by atoms with Gasteiger partial charge in [0.2, 0.25) is 0 Å². The summed E-state index contributed by atoms with van der Waals surface area (Å²) in [4.78, 5) is 13.7. The van der Waals surface area contributed by atoms with E-state index >= 15 is 0 Å². The van der Waals surface area contributed by atoms with Crippen LogP contribution in [0.3, 0.4) is 0 Å². The van der Waals surface area contributed by atoms with E-state index in [1.165, 1.54) is 10.4 Å². The molecule has 0 atom stereocenters. The zero-order valence-corrected chi connectivity index (χ0v) is 17.7. The van der Waals surface area contributed by atoms with Crippen LogP contribution in [0.1, 0.15) is 47.3 Å². The number of aromatic nitrogens is 2. The van der Waals surface area contributed by atoms with Crippen molar-refractivity contribution in [2.24, 2.45) is 0 Å². The second-order valence-corrected chi connectivity index (χ2v) is 9.11. The van der Waals surface area contributed by atoms with Gasteiger partial charge in [0.15, 0.2) is 0 Å². The van der Waals surface area contributed by atoms with E-state index in [9.17, 15) is 4.79 Å². The third-order valence-corrected chi connectivity index (χ3v) is 5.44. The summed E-state index contributed by atoms with van der Waals surface area (Å²) in [5, 5.41) is 7.99. The molecule has 4 nitrogen and oxygen atoms in total. The fourth-order valence-corrected chi connectivity index (χ4v) is 3.99. The molecular formula is C24H24N2O2S. The van der Waals surface area contributed by atoms with E-state index < -0.39 is 5.60 Å². The molecule has 0 N–H and O–H groups in total. The van der Waals surface area contributed by atoms with E-state index in [4.69, 9.17) is 9.84 Å². The number of hydrogen-bond acceptors (Lipinski definition) is 4. The number of hydrogen-bond donors (Lipinski definition) is 0. The zero-order valence-electron chi connectivity index (χ0n) is 16.9. The number of thiophene rings is 1. The average molecular weight is 405 g/mol. The predicted octanol–water partition coefficient (Wildman–Crippen LogP) is 5.69. The summed E-state index contributed by atoms with van der Waals surface area (Å²) in [6.45, 7) is 6.34. The highest BCUT2D eigenvalue weighted by atomic mass is 32.1. The summed E-state index contributed by atoms with van der Waals surface area (Å²) in [7, 11) is 0. The molecule has 0 unspecified atom stereocenters. The first-order valence-corrected chi connectivity index (χ1v) is 10.6. The van der Waals surface area contributed by atoms with E-state index in [1.807, 2.05) is 45.0 Å². The van der Waals surface area contributed by atoms with Crippen molar-refractivity contribution in [1.82, 2.24) is 9.78 Å². The van der Waals surface area contributed by atoms with Crippen LogP contribution in [0.2, 0.25) is 0 Å². The van der Waals surface area contributed by atoms with Crippen molar-refractivity contribution in [2.45, 2.75) is 39.3 Å². The molecule has 0 radical (unpaired) electrons. The van der Waals surface area contributed by atoms with Gasteiger partial charge >= 0.3 is 5.97 Å². The lowest BCUT2D eigenvalue weighted by Crippen LogP contribution is -2.23. The van der Waals surface area contributed by atoms with Gasteiger partial charge in [-0.05, 0) is 49.9 Å². The minimum atomic E-state index is -0.525. The topological polar surface area (TPSA) is 44.1 Å². The van der Waals surface area contributed by atoms with E-state index in [1.54, 1.807) is 11.3 Å². The van der Waals surface area contributed by atoms with Gasteiger partial charge in [0, 0.05) is 16.7 Å². The maximum atomic E-state index is 12.5. The minimum Gasteiger partial charge on any atom is -0.456 e. The molecule has 148 valence electrons. The molecule has 4 aromatic rings. The molecule has 2 aromatic heterocycles. The third-order valence-electron chi connectivity index (χ3n) is 4.58. The van der Waals surface area contributed by atoms with Crippen molar-refractivity contribution in [3.8, 4) is 0 Å². The fraction of sp³-hybridized carbons (Fsp3) is 0.250. The number of esters is 1. The molecule has 0 spiro atoms. The molecule has 2 heterocycles. The van der Waals surface area contributed by atoms with Crippen LogP contribution in [-0.4, -0.2) is 21.4 Å². The van der Waals surface area contributed by atoms with Crippen molar-refractivity contribution >= 4 is 28.2 Å². The number of nitrogens with zero attached hydrogens (tertiary/aromatic N) is 2. The van der Waals surface area contributed by atoms with Crippen molar-refractivity contribution in [1.29, 1.82) is 0 Å². The molecule has 29 heavy (non-hydrogen) atoms. The Morgan fingerprint density at radius 2 is 1.86 bits per heavy atom. The van der Waals surface area contributed by atoms with Crippen molar-refractivity contribution in [3.63, 3.8) is 0 Å². The van der Waals surface area contributed by atoms with Gasteiger partial charge < -0.3 is 4.74 Å². The molecule has 5 heteroatoms. The standard InChI is InChI=1S/C24H24N2O2S/c1-24(2,3)28-23(27)18-11-12-20-21(15-18)25-26(16-19-10-7-13-29-19)22(20)14-17-8-5-4-6-9-17/h4-13,15H,14,16H2,1-3H3. The molecule has 4 rings (SSSR count). The van der Waals surface area contributed by atoms with Crippen molar-refractivity contribution in [2.75, 3.05) is 0 Å². The Labute approximate surface area is 174 Å². The second-order valence-electron chi connectivity index (χ2n) is 8.08. The molecule has 0 aliphatic heterocycles. The lowest BCUT2D eigenvalue weighted by atomic mass is 10.1. The summed E-state index contributed by atoms with van der Waals surface area (Å²) >= 11 is 1.72. The molecule has 2 aromatic carbocycles. The highest BCUT2D eigenvalue weighted by Gasteiger charge is 2.20. The van der Waals surface area contributed by atoms with Crippen LogP contribution in [0.5, 0.6) is 0 Å². The highest BCUT2D eigenvalue weighted by molar-refractivity contribution is 7.09. The Bertz CT molecular complexity index is 1120. The summed E-state index contributed by atoms with van der Waals surface area (Å²) in [5.41, 5.74) is 3.20. The lowest BCUT2D eigenvalue weighted by molar-refractivity contribution is 0.00697. The Morgan fingerprint density at radius 3 is 2.55 bits per heavy atom. The fourth-order valence-electron chi connectivity index (χ4n) is 3.31. The number of benzene rings is 2. The Hall–Kier alpha value is -2.92. The average Bonchev–Trinajstić information content (AvgIpc) is 3.29. The minimum absolute atomic E-state index is 0.322. The summed E-state index contributed by atoms with van der Waals surface area (Å²) in [6, 6.07) is 20.2. The van der Waals surface area contributed by atoms with Gasteiger partial charge in [-0.2, -0.15) is 5.10 Å². The van der Waals surface area contributed by atoms with Crippen molar-refractivity contribution in [3.05, 3.63) is 87.7 Å². The Balaban J connectivity index is 1.74. The van der Waals surface area contributed by atoms with Gasteiger partial charge in [-0.1, -0.05) is 42.5 Å². The highest BCUT2D eigenvalue weighted by Crippen LogP contribution is 2.25. The molecule has 0 fully saturated rings. The molecule has 0 saturated heterocycles. The van der Waals surface area contributed by atoms with Crippen molar-refractivity contribution < 1.29 is 9.53 Å². The number of carbonyl (C=O) groups excluding carboxylic acids is 1. The van der Waals surface area contributed by atoms with Crippen LogP contribution in [0, 0.1) is 0 Å². The molecule has 0 bridgehead atoms. The summed E-state index contributed by atoms with van der Waals surface area (Å²) < 4.78 is 7.58. The normalized spacial score (nSPS) is 11.7. The Kier molecular flexibility index (Phi) is 5.24. The number of ether oxygens (including phenoxy) is 1.